The molecule has 4 rings (SSSR count). The smallest absolute Gasteiger partial charge is 0.244 e. The van der Waals surface area contributed by atoms with Crippen molar-refractivity contribution in [2.45, 2.75) is 37.8 Å². The lowest BCUT2D eigenvalue weighted by atomic mass is 10.0. The minimum Gasteiger partial charge on any atom is -0.489 e. The Hall–Kier alpha value is -2.47. The summed E-state index contributed by atoms with van der Waals surface area (Å²) in [7, 11) is 0. The van der Waals surface area contributed by atoms with E-state index in [1.165, 1.54) is 0 Å². The third-order valence-corrected chi connectivity index (χ3v) is 5.43. The number of hydrogen-bond donors (Lipinski definition) is 0. The van der Waals surface area contributed by atoms with Gasteiger partial charge in [-0.3, -0.25) is 19.7 Å². The summed E-state index contributed by atoms with van der Waals surface area (Å²) in [5, 5.41) is 0. The molecular weight excluding hydrogens is 340 g/mol. The number of pyridine rings is 2. The lowest BCUT2D eigenvalue weighted by Crippen LogP contribution is -2.47. The first-order chi connectivity index (χ1) is 13.3. The van der Waals surface area contributed by atoms with Crippen molar-refractivity contribution in [3.8, 4) is 5.75 Å². The Labute approximate surface area is 160 Å². The standard InChI is InChI=1S/C21H26N4O2/c26-21(20(24-11-1-2-12-24)17-5-3-9-22-15-17)25-13-7-18(8-14-25)27-19-6-4-10-23-16-19/h3-6,9-10,15-16,18,20H,1-2,7-8,11-14H2/t20-/m1/s1. The molecule has 6 heteroatoms. The maximum Gasteiger partial charge on any atom is 0.244 e. The second-order valence-corrected chi connectivity index (χ2v) is 7.26. The van der Waals surface area contributed by atoms with Crippen LogP contribution >= 0.6 is 0 Å². The van der Waals surface area contributed by atoms with E-state index in [4.69, 9.17) is 4.74 Å². The number of ether oxygens (including phenoxy) is 1. The van der Waals surface area contributed by atoms with Crippen LogP contribution in [0.1, 0.15) is 37.3 Å². The molecule has 1 amide bonds. The second-order valence-electron chi connectivity index (χ2n) is 7.26. The molecule has 0 bridgehead atoms. The van der Waals surface area contributed by atoms with Crippen LogP contribution < -0.4 is 4.74 Å². The minimum absolute atomic E-state index is 0.141. The van der Waals surface area contributed by atoms with Crippen LogP contribution in [0.4, 0.5) is 0 Å². The molecule has 4 heterocycles. The van der Waals surface area contributed by atoms with Crippen LogP contribution in [-0.4, -0.2) is 58.0 Å². The Balaban J connectivity index is 1.40. The van der Waals surface area contributed by atoms with Crippen LogP contribution in [0, 0.1) is 0 Å². The topological polar surface area (TPSA) is 58.6 Å². The molecule has 0 aliphatic carbocycles. The number of amides is 1. The van der Waals surface area contributed by atoms with Gasteiger partial charge in [-0.1, -0.05) is 6.07 Å². The summed E-state index contributed by atoms with van der Waals surface area (Å²) in [6, 6.07) is 7.53. The van der Waals surface area contributed by atoms with E-state index in [9.17, 15) is 4.79 Å². The van der Waals surface area contributed by atoms with Gasteiger partial charge in [-0.2, -0.15) is 0 Å². The first-order valence-corrected chi connectivity index (χ1v) is 9.81. The van der Waals surface area contributed by atoms with Gasteiger partial charge in [0.25, 0.3) is 0 Å². The largest absolute Gasteiger partial charge is 0.489 e. The van der Waals surface area contributed by atoms with Gasteiger partial charge in [0.15, 0.2) is 0 Å². The first kappa shape index (κ1) is 17.9. The van der Waals surface area contributed by atoms with Gasteiger partial charge < -0.3 is 9.64 Å². The molecule has 2 saturated heterocycles. The van der Waals surface area contributed by atoms with Crippen LogP contribution in [0.2, 0.25) is 0 Å². The summed E-state index contributed by atoms with van der Waals surface area (Å²) < 4.78 is 6.01. The van der Waals surface area contributed by atoms with Crippen molar-refractivity contribution in [1.29, 1.82) is 0 Å². The summed E-state index contributed by atoms with van der Waals surface area (Å²) in [5.74, 6) is 0.998. The van der Waals surface area contributed by atoms with Crippen molar-refractivity contribution in [3.05, 3.63) is 54.6 Å². The maximum atomic E-state index is 13.4. The molecule has 6 nitrogen and oxygen atoms in total. The van der Waals surface area contributed by atoms with E-state index in [1.807, 2.05) is 35.4 Å². The predicted octanol–water partition coefficient (Wildman–Crippen LogP) is 2.68. The number of likely N-dealkylation sites (tertiary alicyclic amines) is 2. The fraction of sp³-hybridized carbons (Fsp3) is 0.476. The molecule has 0 spiro atoms. The van der Waals surface area contributed by atoms with Crippen molar-refractivity contribution in [2.24, 2.45) is 0 Å². The zero-order chi connectivity index (χ0) is 18.5. The third kappa shape index (κ3) is 4.27. The molecule has 0 unspecified atom stereocenters. The van der Waals surface area contributed by atoms with Crippen molar-refractivity contribution in [1.82, 2.24) is 19.8 Å². The predicted molar refractivity (Wildman–Crippen MR) is 102 cm³/mol. The van der Waals surface area contributed by atoms with Crippen molar-refractivity contribution in [2.75, 3.05) is 26.2 Å². The number of carbonyl (C=O) groups is 1. The highest BCUT2D eigenvalue weighted by Crippen LogP contribution is 2.28. The fourth-order valence-electron chi connectivity index (χ4n) is 4.02. The average molecular weight is 366 g/mol. The summed E-state index contributed by atoms with van der Waals surface area (Å²) in [5.41, 5.74) is 0.998. The Morgan fingerprint density at radius 1 is 1.00 bits per heavy atom. The van der Waals surface area contributed by atoms with Crippen LogP contribution in [0.25, 0.3) is 0 Å². The molecule has 0 aromatic carbocycles. The lowest BCUT2D eigenvalue weighted by molar-refractivity contribution is -0.138. The molecule has 1 atom stereocenters. The molecule has 0 radical (unpaired) electrons. The average Bonchev–Trinajstić information content (AvgIpc) is 3.24. The van der Waals surface area contributed by atoms with E-state index in [0.29, 0.717) is 0 Å². The fourth-order valence-corrected chi connectivity index (χ4v) is 4.02. The third-order valence-electron chi connectivity index (χ3n) is 5.43. The number of rotatable bonds is 5. The molecule has 2 aliphatic heterocycles. The Morgan fingerprint density at radius 3 is 2.33 bits per heavy atom. The minimum atomic E-state index is -0.211. The van der Waals surface area contributed by atoms with Gasteiger partial charge in [-0.15, -0.1) is 0 Å². The SMILES string of the molecule is O=C([C@@H](c1cccnc1)N1CCCC1)N1CCC(Oc2cccnc2)CC1. The van der Waals surface area contributed by atoms with Gasteiger partial charge in [0, 0.05) is 44.5 Å². The molecule has 27 heavy (non-hydrogen) atoms. The molecule has 0 saturated carbocycles. The van der Waals surface area contributed by atoms with E-state index >= 15 is 0 Å². The van der Waals surface area contributed by atoms with E-state index in [1.54, 1.807) is 18.6 Å². The molecular formula is C21H26N4O2. The van der Waals surface area contributed by atoms with Gasteiger partial charge in [-0.25, -0.2) is 0 Å². The van der Waals surface area contributed by atoms with Crippen molar-refractivity contribution in [3.63, 3.8) is 0 Å². The monoisotopic (exact) mass is 366 g/mol. The number of hydrogen-bond acceptors (Lipinski definition) is 5. The zero-order valence-corrected chi connectivity index (χ0v) is 15.5. The van der Waals surface area contributed by atoms with E-state index in [0.717, 1.165) is 63.2 Å². The van der Waals surface area contributed by atoms with Crippen molar-refractivity contribution < 1.29 is 9.53 Å². The van der Waals surface area contributed by atoms with Gasteiger partial charge in [0.2, 0.25) is 5.91 Å². The van der Waals surface area contributed by atoms with E-state index < -0.39 is 0 Å². The number of piperidine rings is 1. The van der Waals surface area contributed by atoms with Crippen molar-refractivity contribution >= 4 is 5.91 Å². The van der Waals surface area contributed by atoms with E-state index in [-0.39, 0.29) is 18.1 Å². The Morgan fingerprint density at radius 2 is 1.70 bits per heavy atom. The number of nitrogens with zero attached hydrogens (tertiary/aromatic N) is 4. The highest BCUT2D eigenvalue weighted by atomic mass is 16.5. The van der Waals surface area contributed by atoms with Crippen LogP contribution in [-0.2, 0) is 4.79 Å². The zero-order valence-electron chi connectivity index (χ0n) is 15.5. The summed E-state index contributed by atoms with van der Waals surface area (Å²) in [6.07, 6.45) is 11.2. The Kier molecular flexibility index (Phi) is 5.63. The van der Waals surface area contributed by atoms with Gasteiger partial charge in [0.05, 0.1) is 6.20 Å². The first-order valence-electron chi connectivity index (χ1n) is 9.81. The highest BCUT2D eigenvalue weighted by Gasteiger charge is 2.34. The lowest BCUT2D eigenvalue weighted by Gasteiger charge is -2.36. The summed E-state index contributed by atoms with van der Waals surface area (Å²) in [4.78, 5) is 26.0. The summed E-state index contributed by atoms with van der Waals surface area (Å²) in [6.45, 7) is 3.42. The molecule has 2 aromatic heterocycles. The normalized spacial score (nSPS) is 19.8. The summed E-state index contributed by atoms with van der Waals surface area (Å²) >= 11 is 0. The molecule has 142 valence electrons. The van der Waals surface area contributed by atoms with Gasteiger partial charge in [-0.05, 0) is 49.7 Å². The number of carbonyl (C=O) groups excluding carboxylic acids is 1. The maximum absolute atomic E-state index is 13.4. The Bertz CT molecular complexity index is 726. The second kappa shape index (κ2) is 8.48. The van der Waals surface area contributed by atoms with Crippen LogP contribution in [0.15, 0.2) is 49.1 Å². The molecule has 0 N–H and O–H groups in total. The quantitative estimate of drug-likeness (QED) is 0.814. The molecule has 2 aliphatic rings. The van der Waals surface area contributed by atoms with Crippen LogP contribution in [0.5, 0.6) is 5.75 Å². The molecule has 2 fully saturated rings. The van der Waals surface area contributed by atoms with Gasteiger partial charge >= 0.3 is 0 Å². The van der Waals surface area contributed by atoms with E-state index in [2.05, 4.69) is 14.9 Å². The highest BCUT2D eigenvalue weighted by molar-refractivity contribution is 5.83. The number of aromatic nitrogens is 2. The molecule has 2 aromatic rings. The van der Waals surface area contributed by atoms with Gasteiger partial charge in [0.1, 0.15) is 17.9 Å². The van der Waals surface area contributed by atoms with Crippen LogP contribution in [0.3, 0.4) is 0 Å².